The lowest BCUT2D eigenvalue weighted by atomic mass is 10.0. The summed E-state index contributed by atoms with van der Waals surface area (Å²) >= 11 is 0. The van der Waals surface area contributed by atoms with Crippen LogP contribution in [0.3, 0.4) is 0 Å². The number of carbonyl (C=O) groups is 4. The predicted octanol–water partition coefficient (Wildman–Crippen LogP) is 7.09. The number of aliphatic hydroxyl groups excluding tert-OH is 1. The first-order valence-corrected chi connectivity index (χ1v) is 17.4. The molecule has 9 heteroatoms. The van der Waals surface area contributed by atoms with Crippen LogP contribution in [0.15, 0.2) is 36.5 Å². The minimum Gasteiger partial charge on any atom is -0.480 e. The van der Waals surface area contributed by atoms with Crippen LogP contribution >= 0.6 is 0 Å². The Morgan fingerprint density at radius 2 is 1.27 bits per heavy atom. The van der Waals surface area contributed by atoms with Gasteiger partial charge in [-0.25, -0.2) is 4.79 Å². The van der Waals surface area contributed by atoms with E-state index in [1.54, 1.807) is 0 Å². The van der Waals surface area contributed by atoms with Gasteiger partial charge in [0.1, 0.15) is 12.1 Å². The van der Waals surface area contributed by atoms with Crippen molar-refractivity contribution in [2.24, 2.45) is 0 Å². The molecule has 0 aliphatic carbocycles. The van der Waals surface area contributed by atoms with Gasteiger partial charge in [-0.05, 0) is 50.7 Å². The minimum absolute atomic E-state index is 0.167. The highest BCUT2D eigenvalue weighted by Crippen LogP contribution is 2.13. The van der Waals surface area contributed by atoms with Crippen LogP contribution < -0.4 is 10.6 Å². The lowest BCUT2D eigenvalue weighted by molar-refractivity contribution is -0.145. The number of esters is 1. The van der Waals surface area contributed by atoms with Crippen LogP contribution in [-0.2, 0) is 23.9 Å². The van der Waals surface area contributed by atoms with Crippen LogP contribution in [0.1, 0.15) is 142 Å². The zero-order chi connectivity index (χ0) is 33.4. The Morgan fingerprint density at radius 3 is 1.87 bits per heavy atom. The van der Waals surface area contributed by atoms with Gasteiger partial charge >= 0.3 is 11.9 Å². The number of carboxylic acid groups (broad SMARTS) is 1. The smallest absolute Gasteiger partial charge is 0.328 e. The first kappa shape index (κ1) is 42.1. The molecule has 0 heterocycles. The third-order valence-corrected chi connectivity index (χ3v) is 7.36. The van der Waals surface area contributed by atoms with Crippen molar-refractivity contribution in [1.82, 2.24) is 10.6 Å². The monoisotopic (exact) mass is 634 g/mol. The number of hydrogen-bond donors (Lipinski definition) is 4. The summed E-state index contributed by atoms with van der Waals surface area (Å²) in [6.45, 7) is 3.28. The minimum atomic E-state index is -1.39. The maximum atomic E-state index is 12.5. The van der Waals surface area contributed by atoms with Crippen molar-refractivity contribution in [3.8, 4) is 0 Å². The third-order valence-electron chi connectivity index (χ3n) is 7.36. The van der Waals surface area contributed by atoms with Crippen molar-refractivity contribution in [3.63, 3.8) is 0 Å². The Hall–Kier alpha value is -2.94. The molecule has 258 valence electrons. The highest BCUT2D eigenvalue weighted by atomic mass is 16.5. The molecule has 0 saturated heterocycles. The molecule has 0 rings (SSSR count). The largest absolute Gasteiger partial charge is 0.480 e. The zero-order valence-corrected chi connectivity index (χ0v) is 28.1. The highest BCUT2D eigenvalue weighted by molar-refractivity contribution is 5.87. The molecule has 2 unspecified atom stereocenters. The van der Waals surface area contributed by atoms with E-state index in [0.29, 0.717) is 12.8 Å². The number of rotatable bonds is 30. The van der Waals surface area contributed by atoms with E-state index in [2.05, 4.69) is 36.6 Å². The van der Waals surface area contributed by atoms with Gasteiger partial charge in [-0.15, -0.1) is 0 Å². The number of carbonyl (C=O) groups excluding carboxylic acids is 3. The van der Waals surface area contributed by atoms with E-state index in [0.717, 1.165) is 44.9 Å². The number of carboxylic acids is 1. The van der Waals surface area contributed by atoms with Crippen molar-refractivity contribution in [3.05, 3.63) is 36.5 Å². The van der Waals surface area contributed by atoms with Crippen LogP contribution in [0.2, 0.25) is 0 Å². The molecule has 45 heavy (non-hydrogen) atoms. The number of aliphatic carboxylic acids is 1. The predicted molar refractivity (Wildman–Crippen MR) is 181 cm³/mol. The van der Waals surface area contributed by atoms with Gasteiger partial charge in [0.2, 0.25) is 11.8 Å². The summed E-state index contributed by atoms with van der Waals surface area (Å²) in [6, 6.07) is -1.39. The van der Waals surface area contributed by atoms with E-state index in [9.17, 15) is 19.2 Å². The van der Waals surface area contributed by atoms with E-state index >= 15 is 0 Å². The molecule has 0 bridgehead atoms. The summed E-state index contributed by atoms with van der Waals surface area (Å²) in [4.78, 5) is 47.0. The molecular formula is C36H62N2O7. The van der Waals surface area contributed by atoms with Gasteiger partial charge < -0.3 is 25.6 Å². The Labute approximate surface area is 272 Å². The third kappa shape index (κ3) is 28.3. The molecule has 4 N–H and O–H groups in total. The molecule has 0 aromatic carbocycles. The van der Waals surface area contributed by atoms with Crippen molar-refractivity contribution in [2.45, 2.75) is 154 Å². The molecule has 2 amide bonds. The average Bonchev–Trinajstić information content (AvgIpc) is 3.02. The summed E-state index contributed by atoms with van der Waals surface area (Å²) < 4.78 is 5.74. The number of hydrogen-bond acceptors (Lipinski definition) is 6. The standard InChI is InChI=1S/C36H62N2O7/c1-3-5-7-9-10-11-12-13-14-15-20-24-28-35(42)45-31(25-21-17-8-6-4-2)26-22-18-16-19-23-27-33(40)37-29-34(41)38-32(30-39)36(43)44/h6,8,21-22,25-26,31-32,39H,3-5,7,9-20,23-24,27-30H2,1-2H3,(H,37,40)(H,38,41)(H,43,44)/b8-6-,25-21-,26-22-. The van der Waals surface area contributed by atoms with Crippen molar-refractivity contribution >= 4 is 23.8 Å². The SMILES string of the molecule is CC/C=C\C/C=C\C(/C=C\CCCCCC(=O)NCC(=O)NC(CO)C(=O)O)OC(=O)CCCCCCCCCCCCCC. The highest BCUT2D eigenvalue weighted by Gasteiger charge is 2.18. The van der Waals surface area contributed by atoms with Crippen molar-refractivity contribution < 1.29 is 34.1 Å². The Balaban J connectivity index is 4.25. The maximum Gasteiger partial charge on any atom is 0.328 e. The van der Waals surface area contributed by atoms with Gasteiger partial charge in [-0.1, -0.05) is 115 Å². The van der Waals surface area contributed by atoms with E-state index in [4.69, 9.17) is 14.9 Å². The van der Waals surface area contributed by atoms with Crippen LogP contribution in [0.4, 0.5) is 0 Å². The molecular weight excluding hydrogens is 572 g/mol. The second-order valence-corrected chi connectivity index (χ2v) is 11.6. The van der Waals surface area contributed by atoms with E-state index < -0.39 is 30.6 Å². The molecule has 0 saturated carbocycles. The summed E-state index contributed by atoms with van der Waals surface area (Å²) in [6.07, 6.45) is 32.3. The fourth-order valence-electron chi connectivity index (χ4n) is 4.67. The van der Waals surface area contributed by atoms with E-state index in [1.807, 2.05) is 24.3 Å². The lowest BCUT2D eigenvalue weighted by Crippen LogP contribution is -2.47. The first-order valence-electron chi connectivity index (χ1n) is 17.4. The molecule has 0 aromatic rings. The Kier molecular flexibility index (Phi) is 29.0. The number of nitrogens with one attached hydrogen (secondary N) is 2. The molecule has 0 radical (unpaired) electrons. The molecule has 0 aliphatic heterocycles. The Morgan fingerprint density at radius 1 is 0.689 bits per heavy atom. The number of amides is 2. The van der Waals surface area contributed by atoms with Crippen molar-refractivity contribution in [2.75, 3.05) is 13.2 Å². The number of unbranched alkanes of at least 4 members (excludes halogenated alkanes) is 14. The van der Waals surface area contributed by atoms with Crippen LogP contribution in [0, 0.1) is 0 Å². The lowest BCUT2D eigenvalue weighted by Gasteiger charge is -2.12. The normalized spacial score (nSPS) is 13.0. The van der Waals surface area contributed by atoms with Gasteiger partial charge in [-0.3, -0.25) is 14.4 Å². The first-order chi connectivity index (χ1) is 21.8. The van der Waals surface area contributed by atoms with Gasteiger partial charge in [0.25, 0.3) is 0 Å². The number of allylic oxidation sites excluding steroid dienone is 4. The summed E-state index contributed by atoms with van der Waals surface area (Å²) in [5, 5.41) is 22.4. The van der Waals surface area contributed by atoms with Crippen LogP contribution in [0.25, 0.3) is 0 Å². The topological polar surface area (TPSA) is 142 Å². The second kappa shape index (κ2) is 31.1. The molecule has 0 spiro atoms. The maximum absolute atomic E-state index is 12.5. The summed E-state index contributed by atoms with van der Waals surface area (Å²) in [7, 11) is 0. The van der Waals surface area contributed by atoms with Crippen LogP contribution in [0.5, 0.6) is 0 Å². The van der Waals surface area contributed by atoms with E-state index in [-0.39, 0.29) is 24.8 Å². The molecule has 0 fully saturated rings. The summed E-state index contributed by atoms with van der Waals surface area (Å²) in [5.41, 5.74) is 0. The quantitative estimate of drug-likeness (QED) is 0.0375. The second-order valence-electron chi connectivity index (χ2n) is 11.6. The number of ether oxygens (including phenoxy) is 1. The molecule has 0 aromatic heterocycles. The zero-order valence-electron chi connectivity index (χ0n) is 28.1. The van der Waals surface area contributed by atoms with E-state index in [1.165, 1.54) is 64.2 Å². The molecule has 0 aliphatic rings. The number of aliphatic hydroxyl groups is 1. The average molecular weight is 635 g/mol. The summed E-state index contributed by atoms with van der Waals surface area (Å²) in [5.74, 6) is -2.47. The van der Waals surface area contributed by atoms with Gasteiger partial charge in [0.15, 0.2) is 0 Å². The van der Waals surface area contributed by atoms with Crippen molar-refractivity contribution in [1.29, 1.82) is 0 Å². The fraction of sp³-hybridized carbons (Fsp3) is 0.722. The van der Waals surface area contributed by atoms with Gasteiger partial charge in [-0.2, -0.15) is 0 Å². The van der Waals surface area contributed by atoms with Crippen LogP contribution in [-0.4, -0.2) is 59.3 Å². The van der Waals surface area contributed by atoms with Gasteiger partial charge in [0, 0.05) is 12.8 Å². The Bertz CT molecular complexity index is 869. The fourth-order valence-corrected chi connectivity index (χ4v) is 4.67. The van der Waals surface area contributed by atoms with Gasteiger partial charge in [0.05, 0.1) is 13.2 Å². The molecule has 2 atom stereocenters. The molecule has 9 nitrogen and oxygen atoms in total.